The van der Waals surface area contributed by atoms with Gasteiger partial charge in [-0.15, -0.1) is 0 Å². The number of hydrogen-bond acceptors (Lipinski definition) is 2. The van der Waals surface area contributed by atoms with Gasteiger partial charge in [0, 0.05) is 29.4 Å². The molecular formula is C23H28N2O2. The molecule has 0 bridgehead atoms. The molecule has 0 saturated heterocycles. The molecule has 0 radical (unpaired) electrons. The largest absolute Gasteiger partial charge is 0.322 e. The summed E-state index contributed by atoms with van der Waals surface area (Å²) in [5.41, 5.74) is 6.62. The van der Waals surface area contributed by atoms with Crippen LogP contribution in [0.3, 0.4) is 0 Å². The number of anilines is 2. The van der Waals surface area contributed by atoms with E-state index in [0.29, 0.717) is 5.56 Å². The Morgan fingerprint density at radius 3 is 2.33 bits per heavy atom. The Kier molecular flexibility index (Phi) is 5.36. The van der Waals surface area contributed by atoms with E-state index in [1.54, 1.807) is 0 Å². The highest BCUT2D eigenvalue weighted by Crippen LogP contribution is 2.31. The topological polar surface area (TPSA) is 49.4 Å². The molecule has 0 spiro atoms. The molecule has 2 aromatic rings. The van der Waals surface area contributed by atoms with Gasteiger partial charge in [-0.25, -0.2) is 0 Å². The van der Waals surface area contributed by atoms with Crippen molar-refractivity contribution in [2.75, 3.05) is 16.8 Å². The van der Waals surface area contributed by atoms with Crippen molar-refractivity contribution in [2.45, 2.75) is 47.5 Å². The van der Waals surface area contributed by atoms with E-state index < -0.39 is 0 Å². The molecule has 4 heteroatoms. The maximum atomic E-state index is 12.9. The third-order valence-corrected chi connectivity index (χ3v) is 5.13. The zero-order valence-electron chi connectivity index (χ0n) is 16.8. The molecule has 0 fully saturated rings. The molecule has 0 saturated carbocycles. The summed E-state index contributed by atoms with van der Waals surface area (Å²) in [6, 6.07) is 9.94. The number of rotatable bonds is 3. The van der Waals surface area contributed by atoms with Crippen LogP contribution in [0.15, 0.2) is 30.3 Å². The Morgan fingerprint density at radius 2 is 1.70 bits per heavy atom. The molecule has 0 unspecified atom stereocenters. The van der Waals surface area contributed by atoms with E-state index in [9.17, 15) is 9.59 Å². The van der Waals surface area contributed by atoms with E-state index in [1.807, 2.05) is 69.9 Å². The summed E-state index contributed by atoms with van der Waals surface area (Å²) >= 11 is 0. The van der Waals surface area contributed by atoms with Crippen LogP contribution in [0, 0.1) is 26.7 Å². The van der Waals surface area contributed by atoms with Crippen molar-refractivity contribution < 1.29 is 9.59 Å². The van der Waals surface area contributed by atoms with Gasteiger partial charge in [-0.05, 0) is 62.4 Å². The quantitative estimate of drug-likeness (QED) is 0.850. The van der Waals surface area contributed by atoms with Crippen LogP contribution in [0.25, 0.3) is 0 Å². The standard InChI is InChI=1S/C23H28N2O2/c1-14(2)23(27)25-10-6-7-18-8-9-19(13-20(18)25)24-22(26)21-16(4)11-15(3)12-17(21)5/h8-9,11-14H,6-7,10H2,1-5H3,(H,24,26). The van der Waals surface area contributed by atoms with Gasteiger partial charge in [-0.3, -0.25) is 9.59 Å². The number of aryl methyl sites for hydroxylation is 4. The highest BCUT2D eigenvalue weighted by atomic mass is 16.2. The van der Waals surface area contributed by atoms with Gasteiger partial charge in [0.25, 0.3) is 5.91 Å². The number of nitrogens with zero attached hydrogens (tertiary/aromatic N) is 1. The molecule has 0 aliphatic carbocycles. The number of fused-ring (bicyclic) bond motifs is 1. The Labute approximate surface area is 161 Å². The van der Waals surface area contributed by atoms with E-state index in [-0.39, 0.29) is 17.7 Å². The second-order valence-electron chi connectivity index (χ2n) is 7.82. The van der Waals surface area contributed by atoms with Crippen LogP contribution in [-0.4, -0.2) is 18.4 Å². The average molecular weight is 364 g/mol. The fraction of sp³-hybridized carbons (Fsp3) is 0.391. The lowest BCUT2D eigenvalue weighted by Crippen LogP contribution is -2.38. The van der Waals surface area contributed by atoms with E-state index >= 15 is 0 Å². The first-order valence-corrected chi connectivity index (χ1v) is 9.61. The predicted molar refractivity (Wildman–Crippen MR) is 111 cm³/mol. The molecule has 1 heterocycles. The van der Waals surface area contributed by atoms with Gasteiger partial charge in [0.15, 0.2) is 0 Å². The van der Waals surface area contributed by atoms with Crippen LogP contribution in [0.5, 0.6) is 0 Å². The smallest absolute Gasteiger partial charge is 0.256 e. The molecule has 0 atom stereocenters. The van der Waals surface area contributed by atoms with Gasteiger partial charge in [0.2, 0.25) is 5.91 Å². The maximum Gasteiger partial charge on any atom is 0.256 e. The Hall–Kier alpha value is -2.62. The Bertz CT molecular complexity index is 876. The zero-order valence-corrected chi connectivity index (χ0v) is 16.8. The van der Waals surface area contributed by atoms with Crippen LogP contribution >= 0.6 is 0 Å². The second kappa shape index (κ2) is 7.55. The molecule has 2 aromatic carbocycles. The third kappa shape index (κ3) is 3.90. The first-order chi connectivity index (χ1) is 12.8. The highest BCUT2D eigenvalue weighted by molar-refractivity contribution is 6.07. The summed E-state index contributed by atoms with van der Waals surface area (Å²) < 4.78 is 0. The summed E-state index contributed by atoms with van der Waals surface area (Å²) in [4.78, 5) is 27.3. The van der Waals surface area contributed by atoms with Crippen molar-refractivity contribution in [3.63, 3.8) is 0 Å². The van der Waals surface area contributed by atoms with Gasteiger partial charge in [0.05, 0.1) is 0 Å². The van der Waals surface area contributed by atoms with Crippen LogP contribution in [-0.2, 0) is 11.2 Å². The summed E-state index contributed by atoms with van der Waals surface area (Å²) in [6.07, 6.45) is 1.93. The van der Waals surface area contributed by atoms with Gasteiger partial charge < -0.3 is 10.2 Å². The van der Waals surface area contributed by atoms with Crippen molar-refractivity contribution in [1.82, 2.24) is 0 Å². The minimum Gasteiger partial charge on any atom is -0.322 e. The van der Waals surface area contributed by atoms with Gasteiger partial charge in [-0.2, -0.15) is 0 Å². The fourth-order valence-corrected chi connectivity index (χ4v) is 3.92. The molecular weight excluding hydrogens is 336 g/mol. The van der Waals surface area contributed by atoms with E-state index in [4.69, 9.17) is 0 Å². The van der Waals surface area contributed by atoms with Crippen LogP contribution in [0.4, 0.5) is 11.4 Å². The maximum absolute atomic E-state index is 12.9. The predicted octanol–water partition coefficient (Wildman–Crippen LogP) is 4.80. The summed E-state index contributed by atoms with van der Waals surface area (Å²) in [6.45, 7) is 10.5. The minimum absolute atomic E-state index is 0.0490. The Morgan fingerprint density at radius 1 is 1.04 bits per heavy atom. The lowest BCUT2D eigenvalue weighted by Gasteiger charge is -2.31. The van der Waals surface area contributed by atoms with Crippen LogP contribution in [0.2, 0.25) is 0 Å². The Balaban J connectivity index is 1.90. The number of benzene rings is 2. The zero-order chi connectivity index (χ0) is 19.7. The van der Waals surface area contributed by atoms with Gasteiger partial charge >= 0.3 is 0 Å². The molecule has 1 aliphatic rings. The first kappa shape index (κ1) is 19.2. The summed E-state index contributed by atoms with van der Waals surface area (Å²) in [5, 5.41) is 3.02. The van der Waals surface area contributed by atoms with Crippen LogP contribution in [0.1, 0.15) is 52.9 Å². The van der Waals surface area contributed by atoms with Crippen LogP contribution < -0.4 is 10.2 Å². The third-order valence-electron chi connectivity index (χ3n) is 5.13. The molecule has 4 nitrogen and oxygen atoms in total. The van der Waals surface area contributed by atoms with Crippen molar-refractivity contribution in [2.24, 2.45) is 5.92 Å². The van der Waals surface area contributed by atoms with Crippen molar-refractivity contribution in [3.8, 4) is 0 Å². The number of carbonyl (C=O) groups is 2. The average Bonchev–Trinajstić information content (AvgIpc) is 2.59. The minimum atomic E-state index is -0.109. The summed E-state index contributed by atoms with van der Waals surface area (Å²) in [7, 11) is 0. The molecule has 27 heavy (non-hydrogen) atoms. The first-order valence-electron chi connectivity index (χ1n) is 9.61. The highest BCUT2D eigenvalue weighted by Gasteiger charge is 2.25. The normalized spacial score (nSPS) is 13.5. The number of amides is 2. The molecule has 1 N–H and O–H groups in total. The molecule has 3 rings (SSSR count). The lowest BCUT2D eigenvalue weighted by molar-refractivity contribution is -0.121. The van der Waals surface area contributed by atoms with Crippen molar-refractivity contribution in [3.05, 3.63) is 58.1 Å². The second-order valence-corrected chi connectivity index (χ2v) is 7.82. The van der Waals surface area contributed by atoms with E-state index in [1.165, 1.54) is 0 Å². The molecule has 2 amide bonds. The number of hydrogen-bond donors (Lipinski definition) is 1. The van der Waals surface area contributed by atoms with Crippen molar-refractivity contribution in [1.29, 1.82) is 0 Å². The van der Waals surface area contributed by atoms with Gasteiger partial charge in [-0.1, -0.05) is 37.6 Å². The number of carbonyl (C=O) groups excluding carboxylic acids is 2. The molecule has 0 aromatic heterocycles. The SMILES string of the molecule is Cc1cc(C)c(C(=O)Nc2ccc3c(c2)N(C(=O)C(C)C)CCC3)c(C)c1. The molecule has 142 valence electrons. The van der Waals surface area contributed by atoms with E-state index in [0.717, 1.165) is 53.0 Å². The number of nitrogens with one attached hydrogen (secondary N) is 1. The molecule has 1 aliphatic heterocycles. The lowest BCUT2D eigenvalue weighted by atomic mass is 9.98. The summed E-state index contributed by atoms with van der Waals surface area (Å²) in [5.74, 6) is -0.0285. The van der Waals surface area contributed by atoms with E-state index in [2.05, 4.69) is 5.32 Å². The van der Waals surface area contributed by atoms with Crippen molar-refractivity contribution >= 4 is 23.2 Å². The fourth-order valence-electron chi connectivity index (χ4n) is 3.92. The monoisotopic (exact) mass is 364 g/mol. The van der Waals surface area contributed by atoms with Gasteiger partial charge in [0.1, 0.15) is 0 Å².